The zero-order chi connectivity index (χ0) is 21.1. The van der Waals surface area contributed by atoms with Gasteiger partial charge in [-0.25, -0.2) is 4.79 Å². The molecule has 30 heavy (non-hydrogen) atoms. The lowest BCUT2D eigenvalue weighted by Gasteiger charge is -2.32. The molecule has 156 valence electrons. The molecule has 4 rings (SSSR count). The molecule has 1 heterocycles. The third kappa shape index (κ3) is 3.47. The van der Waals surface area contributed by atoms with E-state index >= 15 is 0 Å². The van der Waals surface area contributed by atoms with Gasteiger partial charge in [0.05, 0.1) is 0 Å². The van der Waals surface area contributed by atoms with Crippen molar-refractivity contribution in [1.82, 2.24) is 15.1 Å². The van der Waals surface area contributed by atoms with Crippen molar-refractivity contribution in [3.8, 4) is 0 Å². The van der Waals surface area contributed by atoms with Crippen molar-refractivity contribution in [2.75, 3.05) is 13.6 Å². The second-order valence-corrected chi connectivity index (χ2v) is 8.10. The van der Waals surface area contributed by atoms with Crippen LogP contribution in [-0.4, -0.2) is 47.3 Å². The fourth-order valence-electron chi connectivity index (χ4n) is 4.57. The minimum absolute atomic E-state index is 0.181. The molecule has 2 aromatic rings. The van der Waals surface area contributed by atoms with Crippen LogP contribution in [-0.2, 0) is 15.1 Å². The van der Waals surface area contributed by atoms with Crippen LogP contribution in [0.2, 0.25) is 0 Å². The third-order valence-corrected chi connectivity index (χ3v) is 6.33. The van der Waals surface area contributed by atoms with Crippen molar-refractivity contribution >= 4 is 17.8 Å². The molecule has 0 atom stereocenters. The van der Waals surface area contributed by atoms with Crippen LogP contribution in [0.15, 0.2) is 60.7 Å². The summed E-state index contributed by atoms with van der Waals surface area (Å²) < 4.78 is 0. The largest absolute Gasteiger partial charge is 0.341 e. The average molecular weight is 405 g/mol. The molecule has 0 unspecified atom stereocenters. The molecule has 1 aliphatic carbocycles. The molecule has 0 bridgehead atoms. The van der Waals surface area contributed by atoms with Crippen LogP contribution < -0.4 is 5.32 Å². The maximum atomic E-state index is 13.6. The summed E-state index contributed by atoms with van der Waals surface area (Å²) in [6, 6.07) is 18.0. The number of nitrogens with zero attached hydrogens (tertiary/aromatic N) is 2. The number of hydrogen-bond donors (Lipinski definition) is 1. The molecule has 6 nitrogen and oxygen atoms in total. The Bertz CT molecular complexity index is 884. The van der Waals surface area contributed by atoms with Crippen molar-refractivity contribution in [2.24, 2.45) is 0 Å². The van der Waals surface area contributed by atoms with Crippen LogP contribution in [0.5, 0.6) is 0 Å². The van der Waals surface area contributed by atoms with Crippen molar-refractivity contribution in [3.05, 3.63) is 71.8 Å². The topological polar surface area (TPSA) is 69.7 Å². The molecule has 2 aliphatic rings. The van der Waals surface area contributed by atoms with Crippen LogP contribution in [0.1, 0.15) is 43.2 Å². The summed E-state index contributed by atoms with van der Waals surface area (Å²) in [5.41, 5.74) is 0.0128. The van der Waals surface area contributed by atoms with Crippen molar-refractivity contribution in [1.29, 1.82) is 0 Å². The summed E-state index contributed by atoms with van der Waals surface area (Å²) in [6.07, 6.45) is 5.36. The lowest BCUT2D eigenvalue weighted by Crippen LogP contribution is -2.47. The molecule has 4 amide bonds. The van der Waals surface area contributed by atoms with E-state index in [9.17, 15) is 14.4 Å². The molecule has 0 radical (unpaired) electrons. The van der Waals surface area contributed by atoms with Crippen LogP contribution in [0.4, 0.5) is 4.79 Å². The third-order valence-electron chi connectivity index (χ3n) is 6.33. The number of likely N-dealkylation sites (N-methyl/N-ethyl adjacent to an activating group) is 1. The average Bonchev–Trinajstić information content (AvgIpc) is 3.06. The Labute approximate surface area is 176 Å². The van der Waals surface area contributed by atoms with Crippen molar-refractivity contribution in [3.63, 3.8) is 0 Å². The molecule has 6 heteroatoms. The highest BCUT2D eigenvalue weighted by Crippen LogP contribution is 2.36. The van der Waals surface area contributed by atoms with E-state index in [0.717, 1.165) is 30.6 Å². The van der Waals surface area contributed by atoms with Gasteiger partial charge in [0.2, 0.25) is 5.91 Å². The number of urea groups is 1. The molecule has 1 saturated heterocycles. The second kappa shape index (κ2) is 8.30. The van der Waals surface area contributed by atoms with Gasteiger partial charge in [-0.2, -0.15) is 0 Å². The SMILES string of the molecule is CN(C(=O)CN1C(=O)NC(c2ccccc2)(c2ccccc2)C1=O)C1CCCCC1. The molecular formula is C24H27N3O3. The van der Waals surface area contributed by atoms with E-state index in [1.54, 1.807) is 11.9 Å². The van der Waals surface area contributed by atoms with E-state index in [1.165, 1.54) is 6.42 Å². The van der Waals surface area contributed by atoms with Gasteiger partial charge in [-0.15, -0.1) is 0 Å². The Hall–Kier alpha value is -3.15. The monoisotopic (exact) mass is 405 g/mol. The first-order valence-corrected chi connectivity index (χ1v) is 10.5. The Morgan fingerprint density at radius 3 is 2.03 bits per heavy atom. The Morgan fingerprint density at radius 2 is 1.50 bits per heavy atom. The van der Waals surface area contributed by atoms with Gasteiger partial charge >= 0.3 is 6.03 Å². The van der Waals surface area contributed by atoms with Gasteiger partial charge in [-0.1, -0.05) is 79.9 Å². The number of nitrogens with one attached hydrogen (secondary N) is 1. The van der Waals surface area contributed by atoms with Gasteiger partial charge in [0.1, 0.15) is 6.54 Å². The van der Waals surface area contributed by atoms with Crippen LogP contribution in [0, 0.1) is 0 Å². The number of benzene rings is 2. The summed E-state index contributed by atoms with van der Waals surface area (Å²) in [6.45, 7) is -0.251. The lowest BCUT2D eigenvalue weighted by molar-refractivity contribution is -0.139. The predicted octanol–water partition coefficient (Wildman–Crippen LogP) is 3.27. The van der Waals surface area contributed by atoms with Crippen LogP contribution in [0.25, 0.3) is 0 Å². The molecule has 1 saturated carbocycles. The molecule has 2 fully saturated rings. The van der Waals surface area contributed by atoms with Crippen molar-refractivity contribution < 1.29 is 14.4 Å². The number of imide groups is 1. The number of rotatable bonds is 5. The van der Waals surface area contributed by atoms with Crippen LogP contribution in [0.3, 0.4) is 0 Å². The number of carbonyl (C=O) groups is 3. The molecule has 1 aliphatic heterocycles. The molecule has 2 aromatic carbocycles. The fraction of sp³-hybridized carbons (Fsp3) is 0.375. The zero-order valence-electron chi connectivity index (χ0n) is 17.2. The van der Waals surface area contributed by atoms with Crippen molar-refractivity contribution in [2.45, 2.75) is 43.7 Å². The van der Waals surface area contributed by atoms with E-state index in [1.807, 2.05) is 60.7 Å². The van der Waals surface area contributed by atoms with Gasteiger partial charge in [-0.05, 0) is 24.0 Å². The maximum absolute atomic E-state index is 13.6. The highest BCUT2D eigenvalue weighted by atomic mass is 16.2. The normalized spacial score (nSPS) is 18.9. The number of amides is 4. The first-order chi connectivity index (χ1) is 14.5. The second-order valence-electron chi connectivity index (χ2n) is 8.10. The predicted molar refractivity (Wildman–Crippen MR) is 114 cm³/mol. The summed E-state index contributed by atoms with van der Waals surface area (Å²) in [4.78, 5) is 42.2. The fourth-order valence-corrected chi connectivity index (χ4v) is 4.57. The van der Waals surface area contributed by atoms with Gasteiger partial charge in [0.15, 0.2) is 5.54 Å². The van der Waals surface area contributed by atoms with E-state index in [2.05, 4.69) is 5.32 Å². The minimum Gasteiger partial charge on any atom is -0.341 e. The Balaban J connectivity index is 1.63. The highest BCUT2D eigenvalue weighted by molar-refractivity contribution is 6.11. The van der Waals surface area contributed by atoms with Gasteiger partial charge in [-0.3, -0.25) is 14.5 Å². The number of hydrogen-bond acceptors (Lipinski definition) is 3. The van der Waals surface area contributed by atoms with E-state index in [4.69, 9.17) is 0 Å². The summed E-state index contributed by atoms with van der Waals surface area (Å²) in [7, 11) is 1.78. The highest BCUT2D eigenvalue weighted by Gasteiger charge is 2.54. The first-order valence-electron chi connectivity index (χ1n) is 10.5. The van der Waals surface area contributed by atoms with Gasteiger partial charge in [0.25, 0.3) is 5.91 Å². The number of carbonyl (C=O) groups excluding carboxylic acids is 3. The summed E-state index contributed by atoms with van der Waals surface area (Å²) in [5, 5.41) is 2.89. The summed E-state index contributed by atoms with van der Waals surface area (Å²) >= 11 is 0. The standard InChI is InChI=1S/C24H27N3O3/c1-26(20-15-9-4-10-16-20)21(28)17-27-22(29)24(25-23(27)30,18-11-5-2-6-12-18)19-13-7-3-8-14-19/h2-3,5-8,11-14,20H,4,9-10,15-17H2,1H3,(H,25,30). The van der Waals surface area contributed by atoms with Crippen LogP contribution >= 0.6 is 0 Å². The zero-order valence-corrected chi connectivity index (χ0v) is 17.2. The molecular weight excluding hydrogens is 378 g/mol. The molecule has 0 aromatic heterocycles. The van der Waals surface area contributed by atoms with E-state index in [-0.39, 0.29) is 18.5 Å². The smallest absolute Gasteiger partial charge is 0.326 e. The van der Waals surface area contributed by atoms with Gasteiger partial charge in [0, 0.05) is 13.1 Å². The maximum Gasteiger partial charge on any atom is 0.326 e. The lowest BCUT2D eigenvalue weighted by atomic mass is 9.82. The Morgan fingerprint density at radius 1 is 0.967 bits per heavy atom. The molecule has 0 spiro atoms. The van der Waals surface area contributed by atoms with E-state index < -0.39 is 17.5 Å². The summed E-state index contributed by atoms with van der Waals surface area (Å²) in [5.74, 6) is -0.627. The quantitative estimate of drug-likeness (QED) is 0.776. The molecule has 1 N–H and O–H groups in total. The van der Waals surface area contributed by atoms with E-state index in [0.29, 0.717) is 11.1 Å². The minimum atomic E-state index is -1.33. The Kier molecular flexibility index (Phi) is 5.57. The first kappa shape index (κ1) is 20.1. The van der Waals surface area contributed by atoms with Gasteiger partial charge < -0.3 is 10.2 Å².